The summed E-state index contributed by atoms with van der Waals surface area (Å²) < 4.78 is 151. The Morgan fingerprint density at radius 1 is 0.880 bits per heavy atom. The molecule has 0 aliphatic carbocycles. The van der Waals surface area contributed by atoms with Crippen LogP contribution in [0.25, 0.3) is 0 Å². The van der Waals surface area contributed by atoms with Crippen molar-refractivity contribution in [3.8, 4) is 0 Å². The van der Waals surface area contributed by atoms with Crippen molar-refractivity contribution in [1.29, 1.82) is 0 Å². The Kier molecular flexibility index (Phi) is 5.43. The van der Waals surface area contributed by atoms with E-state index >= 15 is 0 Å². The molecule has 0 aromatic rings. The summed E-state index contributed by atoms with van der Waals surface area (Å²) in [6.45, 7) is -4.31. The molecule has 25 heavy (non-hydrogen) atoms. The van der Waals surface area contributed by atoms with Crippen LogP contribution in [-0.4, -0.2) is 61.9 Å². The van der Waals surface area contributed by atoms with Crippen molar-refractivity contribution in [1.82, 2.24) is 0 Å². The Bertz CT molecular complexity index is 502. The molecule has 0 radical (unpaired) electrons. The molecule has 1 fully saturated rings. The number of carbonyl (C=O) groups excluding carboxylic acids is 1. The largest absolute Gasteiger partial charge is 0.508 e. The molecule has 0 bridgehead atoms. The number of rotatable bonds is 7. The van der Waals surface area contributed by atoms with Gasteiger partial charge in [-0.3, -0.25) is 0 Å². The lowest BCUT2D eigenvalue weighted by atomic mass is 9.98. The Hall–Kier alpha value is -1.54. The summed E-state index contributed by atoms with van der Waals surface area (Å²) >= 11 is 0. The molecule has 0 aromatic carbocycles. The van der Waals surface area contributed by atoms with Crippen molar-refractivity contribution < 1.29 is 67.3 Å². The second kappa shape index (κ2) is 6.32. The number of carbonyl (C=O) groups is 1. The molecule has 0 amide bonds. The summed E-state index contributed by atoms with van der Waals surface area (Å²) in [5.74, 6) is -28.2. The van der Waals surface area contributed by atoms with Gasteiger partial charge >= 0.3 is 36.0 Å². The fourth-order valence-electron chi connectivity index (χ4n) is 1.46. The summed E-state index contributed by atoms with van der Waals surface area (Å²) in [6, 6.07) is 0. The van der Waals surface area contributed by atoms with E-state index in [9.17, 15) is 53.1 Å². The third-order valence-electron chi connectivity index (χ3n) is 2.84. The van der Waals surface area contributed by atoms with E-state index in [4.69, 9.17) is 0 Å². The average Bonchev–Trinajstić information content (AvgIpc) is 2.82. The van der Waals surface area contributed by atoms with Gasteiger partial charge < -0.3 is 14.2 Å². The number of cyclic esters (lactones) is 2. The van der Waals surface area contributed by atoms with Crippen LogP contribution in [0, 0.1) is 0 Å². The van der Waals surface area contributed by atoms with Gasteiger partial charge in [0.1, 0.15) is 13.2 Å². The SMILES string of the molecule is O=C1OCC(COCC(F)(F)C(F)(F)C(F)(F)C(F)(F)C(F)(F)F)O1. The van der Waals surface area contributed by atoms with Gasteiger partial charge in [-0.2, -0.15) is 48.3 Å². The van der Waals surface area contributed by atoms with E-state index < -0.39 is 61.9 Å². The maximum atomic E-state index is 13.2. The molecule has 0 saturated carbocycles. The van der Waals surface area contributed by atoms with E-state index in [0.29, 0.717) is 0 Å². The molecular formula is C10H7F11O4. The molecule has 4 nitrogen and oxygen atoms in total. The highest BCUT2D eigenvalue weighted by atomic mass is 19.4. The molecule has 0 aromatic heterocycles. The second-order valence-electron chi connectivity index (χ2n) is 4.74. The zero-order valence-electron chi connectivity index (χ0n) is 11.5. The van der Waals surface area contributed by atoms with Gasteiger partial charge in [0.25, 0.3) is 0 Å². The van der Waals surface area contributed by atoms with Crippen molar-refractivity contribution in [2.75, 3.05) is 19.8 Å². The molecule has 1 heterocycles. The highest BCUT2D eigenvalue weighted by molar-refractivity contribution is 5.61. The molecule has 1 rings (SSSR count). The maximum absolute atomic E-state index is 13.2. The van der Waals surface area contributed by atoms with Gasteiger partial charge in [0, 0.05) is 0 Å². The zero-order chi connectivity index (χ0) is 19.9. The molecule has 1 unspecified atom stereocenters. The predicted molar refractivity (Wildman–Crippen MR) is 52.9 cm³/mol. The van der Waals surface area contributed by atoms with Crippen molar-refractivity contribution in [2.45, 2.75) is 36.0 Å². The first-order chi connectivity index (χ1) is 11.0. The van der Waals surface area contributed by atoms with Gasteiger partial charge in [-0.1, -0.05) is 0 Å². The normalized spacial score (nSPS) is 20.4. The van der Waals surface area contributed by atoms with Gasteiger partial charge in [-0.25, -0.2) is 4.79 Å². The molecular weight excluding hydrogens is 393 g/mol. The first-order valence-electron chi connectivity index (χ1n) is 5.96. The monoisotopic (exact) mass is 400 g/mol. The van der Waals surface area contributed by atoms with Gasteiger partial charge in [0.2, 0.25) is 0 Å². The van der Waals surface area contributed by atoms with Crippen molar-refractivity contribution in [3.05, 3.63) is 0 Å². The molecule has 15 heteroatoms. The summed E-state index contributed by atoms with van der Waals surface area (Å²) in [6.07, 6.45) is -9.87. The Balaban J connectivity index is 2.87. The van der Waals surface area contributed by atoms with Gasteiger partial charge in [0.05, 0.1) is 6.61 Å². The van der Waals surface area contributed by atoms with Crippen LogP contribution < -0.4 is 0 Å². The fourth-order valence-corrected chi connectivity index (χ4v) is 1.46. The summed E-state index contributed by atoms with van der Waals surface area (Å²) in [5, 5.41) is 0. The minimum absolute atomic E-state index is 0.566. The summed E-state index contributed by atoms with van der Waals surface area (Å²) in [4.78, 5) is 10.5. The van der Waals surface area contributed by atoms with Crippen LogP contribution in [0.1, 0.15) is 0 Å². The first-order valence-corrected chi connectivity index (χ1v) is 5.96. The van der Waals surface area contributed by atoms with Crippen LogP contribution in [0.15, 0.2) is 0 Å². The van der Waals surface area contributed by atoms with Crippen LogP contribution >= 0.6 is 0 Å². The molecule has 0 spiro atoms. The number of ether oxygens (including phenoxy) is 3. The fraction of sp³-hybridized carbons (Fsp3) is 0.900. The molecule has 1 saturated heterocycles. The molecule has 1 atom stereocenters. The summed E-state index contributed by atoms with van der Waals surface area (Å²) in [7, 11) is 0. The van der Waals surface area contributed by atoms with Crippen molar-refractivity contribution >= 4 is 6.16 Å². The standard InChI is InChI=1S/C10H7F11O4/c11-6(12,3-23-1-4-2-24-5(22)25-4)7(13,14)8(15,16)9(17,18)10(19,20)21/h4H,1-3H2. The number of alkyl halides is 11. The summed E-state index contributed by atoms with van der Waals surface area (Å²) in [5.41, 5.74) is 0. The van der Waals surface area contributed by atoms with Crippen molar-refractivity contribution in [2.24, 2.45) is 0 Å². The lowest BCUT2D eigenvalue weighted by Gasteiger charge is -2.37. The Morgan fingerprint density at radius 3 is 1.80 bits per heavy atom. The van der Waals surface area contributed by atoms with Crippen LogP contribution in [0.3, 0.4) is 0 Å². The van der Waals surface area contributed by atoms with Crippen LogP contribution in [0.4, 0.5) is 53.1 Å². The van der Waals surface area contributed by atoms with Crippen molar-refractivity contribution in [3.63, 3.8) is 0 Å². The van der Waals surface area contributed by atoms with E-state index in [1.54, 1.807) is 0 Å². The quantitative estimate of drug-likeness (QED) is 0.484. The van der Waals surface area contributed by atoms with Gasteiger partial charge in [0.15, 0.2) is 6.10 Å². The van der Waals surface area contributed by atoms with Crippen LogP contribution in [-0.2, 0) is 14.2 Å². The smallest absolute Gasteiger partial charge is 0.430 e. The minimum Gasteiger partial charge on any atom is -0.430 e. The third-order valence-corrected chi connectivity index (χ3v) is 2.84. The highest BCUT2D eigenvalue weighted by Crippen LogP contribution is 2.57. The second-order valence-corrected chi connectivity index (χ2v) is 4.74. The Morgan fingerprint density at radius 2 is 1.40 bits per heavy atom. The average molecular weight is 400 g/mol. The van der Waals surface area contributed by atoms with Gasteiger partial charge in [-0.05, 0) is 0 Å². The molecule has 1 aliphatic rings. The lowest BCUT2D eigenvalue weighted by Crippen LogP contribution is -2.67. The molecule has 0 N–H and O–H groups in total. The van der Waals surface area contributed by atoms with Crippen LogP contribution in [0.2, 0.25) is 0 Å². The van der Waals surface area contributed by atoms with E-state index in [-0.39, 0.29) is 0 Å². The maximum Gasteiger partial charge on any atom is 0.508 e. The molecule has 1 aliphatic heterocycles. The number of hydrogen-bond acceptors (Lipinski definition) is 4. The van der Waals surface area contributed by atoms with E-state index in [2.05, 4.69) is 14.2 Å². The van der Waals surface area contributed by atoms with E-state index in [1.807, 2.05) is 0 Å². The first kappa shape index (κ1) is 21.5. The number of hydrogen-bond donors (Lipinski definition) is 0. The highest BCUT2D eigenvalue weighted by Gasteiger charge is 2.87. The van der Waals surface area contributed by atoms with E-state index in [1.165, 1.54) is 0 Å². The topological polar surface area (TPSA) is 44.8 Å². The predicted octanol–water partition coefficient (Wildman–Crippen LogP) is 3.64. The van der Waals surface area contributed by atoms with Gasteiger partial charge in [-0.15, -0.1) is 0 Å². The Labute approximate surface area is 130 Å². The zero-order valence-corrected chi connectivity index (χ0v) is 11.5. The van der Waals surface area contributed by atoms with Crippen LogP contribution in [0.5, 0.6) is 0 Å². The lowest BCUT2D eigenvalue weighted by molar-refractivity contribution is -0.424. The number of halogens is 11. The molecule has 148 valence electrons. The minimum atomic E-state index is -7.48. The third kappa shape index (κ3) is 3.69. The van der Waals surface area contributed by atoms with E-state index in [0.717, 1.165) is 0 Å².